The fourth-order valence-electron chi connectivity index (χ4n) is 2.48. The highest BCUT2D eigenvalue weighted by Gasteiger charge is 2.26. The molecule has 0 radical (unpaired) electrons. The monoisotopic (exact) mass is 218 g/mol. The zero-order valence-corrected chi connectivity index (χ0v) is 10.5. The quantitative estimate of drug-likeness (QED) is 0.781. The maximum atomic E-state index is 6.23. The van der Waals surface area contributed by atoms with E-state index in [2.05, 4.69) is 44.0 Å². The third-order valence-corrected chi connectivity index (χ3v) is 3.83. The van der Waals surface area contributed by atoms with Crippen molar-refractivity contribution in [2.45, 2.75) is 32.2 Å². The van der Waals surface area contributed by atoms with Crippen molar-refractivity contribution >= 4 is 0 Å². The van der Waals surface area contributed by atoms with Gasteiger partial charge in [0.05, 0.1) is 0 Å². The van der Waals surface area contributed by atoms with Crippen LogP contribution in [0, 0.1) is 13.8 Å². The number of hydrogen-bond donors (Lipinski definition) is 1. The van der Waals surface area contributed by atoms with E-state index in [0.717, 1.165) is 19.5 Å². The molecular formula is C14H22N2. The minimum absolute atomic E-state index is 0.318. The Labute approximate surface area is 98.4 Å². The number of rotatable bonds is 1. The van der Waals surface area contributed by atoms with Gasteiger partial charge < -0.3 is 10.6 Å². The van der Waals surface area contributed by atoms with Crippen molar-refractivity contribution in [3.63, 3.8) is 0 Å². The molecule has 1 aliphatic rings. The standard InChI is InChI=1S/C14H22N2/c1-10-4-5-12(8-11(10)2)13-9-16(3)7-6-14(13)15/h4-5,8,13-14H,6-7,9,15H2,1-3H3. The normalized spacial score (nSPS) is 27.0. The fraction of sp³-hybridized carbons (Fsp3) is 0.571. The van der Waals surface area contributed by atoms with Crippen LogP contribution in [0.15, 0.2) is 18.2 Å². The van der Waals surface area contributed by atoms with Gasteiger partial charge in [-0.25, -0.2) is 0 Å². The summed E-state index contributed by atoms with van der Waals surface area (Å²) in [6, 6.07) is 7.08. The van der Waals surface area contributed by atoms with Crippen LogP contribution in [0.5, 0.6) is 0 Å². The molecule has 88 valence electrons. The van der Waals surface area contributed by atoms with E-state index in [-0.39, 0.29) is 0 Å². The van der Waals surface area contributed by atoms with Crippen molar-refractivity contribution in [3.05, 3.63) is 34.9 Å². The molecule has 0 aromatic heterocycles. The van der Waals surface area contributed by atoms with Crippen molar-refractivity contribution in [1.29, 1.82) is 0 Å². The van der Waals surface area contributed by atoms with Crippen LogP contribution < -0.4 is 5.73 Å². The number of benzene rings is 1. The maximum absolute atomic E-state index is 6.23. The lowest BCUT2D eigenvalue weighted by Crippen LogP contribution is -2.44. The highest BCUT2D eigenvalue weighted by atomic mass is 15.1. The molecule has 2 atom stereocenters. The molecule has 16 heavy (non-hydrogen) atoms. The second kappa shape index (κ2) is 4.56. The van der Waals surface area contributed by atoms with Crippen molar-refractivity contribution in [2.75, 3.05) is 20.1 Å². The summed E-state index contributed by atoms with van der Waals surface area (Å²) in [5.41, 5.74) is 10.4. The first-order valence-corrected chi connectivity index (χ1v) is 6.09. The molecular weight excluding hydrogens is 196 g/mol. The van der Waals surface area contributed by atoms with E-state index in [1.165, 1.54) is 16.7 Å². The van der Waals surface area contributed by atoms with Crippen LogP contribution in [-0.4, -0.2) is 31.1 Å². The summed E-state index contributed by atoms with van der Waals surface area (Å²) in [7, 11) is 2.18. The van der Waals surface area contributed by atoms with Crippen LogP contribution in [0.1, 0.15) is 29.0 Å². The van der Waals surface area contributed by atoms with Gasteiger partial charge in [-0.1, -0.05) is 18.2 Å². The Hall–Kier alpha value is -0.860. The van der Waals surface area contributed by atoms with E-state index >= 15 is 0 Å². The Morgan fingerprint density at radius 3 is 2.69 bits per heavy atom. The molecule has 1 aromatic carbocycles. The van der Waals surface area contributed by atoms with Crippen LogP contribution in [0.4, 0.5) is 0 Å². The van der Waals surface area contributed by atoms with Crippen molar-refractivity contribution < 1.29 is 0 Å². The van der Waals surface area contributed by atoms with Crippen molar-refractivity contribution in [3.8, 4) is 0 Å². The molecule has 0 saturated carbocycles. The lowest BCUT2D eigenvalue weighted by atomic mass is 9.85. The lowest BCUT2D eigenvalue weighted by Gasteiger charge is -2.35. The number of likely N-dealkylation sites (N-methyl/N-ethyl adjacent to an activating group) is 1. The smallest absolute Gasteiger partial charge is 0.0132 e. The summed E-state index contributed by atoms with van der Waals surface area (Å²) in [6.45, 7) is 6.55. The largest absolute Gasteiger partial charge is 0.327 e. The maximum Gasteiger partial charge on any atom is 0.0132 e. The van der Waals surface area contributed by atoms with E-state index in [1.54, 1.807) is 0 Å². The highest BCUT2D eigenvalue weighted by Crippen LogP contribution is 2.26. The van der Waals surface area contributed by atoms with Gasteiger partial charge in [0.25, 0.3) is 0 Å². The first-order valence-electron chi connectivity index (χ1n) is 6.09. The number of hydrogen-bond acceptors (Lipinski definition) is 2. The molecule has 0 amide bonds. The van der Waals surface area contributed by atoms with E-state index in [0.29, 0.717) is 12.0 Å². The Morgan fingerprint density at radius 1 is 1.25 bits per heavy atom. The van der Waals surface area contributed by atoms with Crippen LogP contribution in [0.25, 0.3) is 0 Å². The molecule has 2 N–H and O–H groups in total. The van der Waals surface area contributed by atoms with Gasteiger partial charge in [0.2, 0.25) is 0 Å². The molecule has 1 aliphatic heterocycles. The summed E-state index contributed by atoms with van der Waals surface area (Å²) in [6.07, 6.45) is 1.11. The average molecular weight is 218 g/mol. The third-order valence-electron chi connectivity index (χ3n) is 3.83. The number of aryl methyl sites for hydroxylation is 2. The summed E-state index contributed by atoms with van der Waals surface area (Å²) in [5, 5.41) is 0. The zero-order valence-electron chi connectivity index (χ0n) is 10.5. The van der Waals surface area contributed by atoms with Crippen LogP contribution in [-0.2, 0) is 0 Å². The summed E-state index contributed by atoms with van der Waals surface area (Å²) in [5.74, 6) is 0.498. The molecule has 1 heterocycles. The Kier molecular flexibility index (Phi) is 3.31. The van der Waals surface area contributed by atoms with Gasteiger partial charge in [-0.05, 0) is 50.6 Å². The predicted octanol–water partition coefficient (Wildman–Crippen LogP) is 2.05. The number of piperidine rings is 1. The van der Waals surface area contributed by atoms with Crippen LogP contribution in [0.2, 0.25) is 0 Å². The molecule has 1 saturated heterocycles. The van der Waals surface area contributed by atoms with Crippen LogP contribution in [0.3, 0.4) is 0 Å². The van der Waals surface area contributed by atoms with Gasteiger partial charge in [0.15, 0.2) is 0 Å². The highest BCUT2D eigenvalue weighted by molar-refractivity contribution is 5.33. The second-order valence-electron chi connectivity index (χ2n) is 5.16. The minimum Gasteiger partial charge on any atom is -0.327 e. The van der Waals surface area contributed by atoms with Gasteiger partial charge in [0.1, 0.15) is 0 Å². The SMILES string of the molecule is Cc1ccc(C2CN(C)CCC2N)cc1C. The van der Waals surface area contributed by atoms with Crippen molar-refractivity contribution in [2.24, 2.45) is 5.73 Å². The molecule has 0 bridgehead atoms. The molecule has 2 nitrogen and oxygen atoms in total. The summed E-state index contributed by atoms with van der Waals surface area (Å²) in [4.78, 5) is 2.38. The van der Waals surface area contributed by atoms with Crippen molar-refractivity contribution in [1.82, 2.24) is 4.90 Å². The number of nitrogens with zero attached hydrogens (tertiary/aromatic N) is 1. The van der Waals surface area contributed by atoms with Crippen LogP contribution >= 0.6 is 0 Å². The van der Waals surface area contributed by atoms with E-state index in [9.17, 15) is 0 Å². The minimum atomic E-state index is 0.318. The lowest BCUT2D eigenvalue weighted by molar-refractivity contribution is 0.228. The summed E-state index contributed by atoms with van der Waals surface area (Å²) < 4.78 is 0. The second-order valence-corrected chi connectivity index (χ2v) is 5.16. The van der Waals surface area contributed by atoms with Gasteiger partial charge >= 0.3 is 0 Å². The first kappa shape index (κ1) is 11.6. The molecule has 2 unspecified atom stereocenters. The van der Waals surface area contributed by atoms with Gasteiger partial charge in [0, 0.05) is 18.5 Å². The van der Waals surface area contributed by atoms with E-state index in [4.69, 9.17) is 5.73 Å². The fourth-order valence-corrected chi connectivity index (χ4v) is 2.48. The zero-order chi connectivity index (χ0) is 11.7. The topological polar surface area (TPSA) is 29.3 Å². The summed E-state index contributed by atoms with van der Waals surface area (Å²) >= 11 is 0. The predicted molar refractivity (Wildman–Crippen MR) is 68.7 cm³/mol. The first-order chi connectivity index (χ1) is 7.58. The van der Waals surface area contributed by atoms with E-state index in [1.807, 2.05) is 0 Å². The van der Waals surface area contributed by atoms with Gasteiger partial charge in [-0.2, -0.15) is 0 Å². The third kappa shape index (κ3) is 2.28. The molecule has 2 heteroatoms. The number of nitrogens with two attached hydrogens (primary N) is 1. The molecule has 1 aromatic rings. The molecule has 2 rings (SSSR count). The Bertz CT molecular complexity index is 373. The van der Waals surface area contributed by atoms with Gasteiger partial charge in [-0.15, -0.1) is 0 Å². The number of likely N-dealkylation sites (tertiary alicyclic amines) is 1. The molecule has 1 fully saturated rings. The van der Waals surface area contributed by atoms with E-state index < -0.39 is 0 Å². The Morgan fingerprint density at radius 2 is 2.00 bits per heavy atom. The Balaban J connectivity index is 2.24. The van der Waals surface area contributed by atoms with Gasteiger partial charge in [-0.3, -0.25) is 0 Å². The molecule has 0 spiro atoms. The molecule has 0 aliphatic carbocycles. The average Bonchev–Trinajstić information content (AvgIpc) is 2.26.